The zero-order valence-corrected chi connectivity index (χ0v) is 20.4. The fraction of sp³-hybridized carbons (Fsp3) is 0.148. The van der Waals surface area contributed by atoms with Gasteiger partial charge >= 0.3 is 0 Å². The van der Waals surface area contributed by atoms with E-state index in [0.717, 1.165) is 16.8 Å². The number of carbonyl (C=O) groups is 1. The molecule has 0 aliphatic carbocycles. The van der Waals surface area contributed by atoms with E-state index in [9.17, 15) is 4.79 Å². The van der Waals surface area contributed by atoms with Gasteiger partial charge in [-0.15, -0.1) is 0 Å². The maximum absolute atomic E-state index is 13.9. The fourth-order valence-electron chi connectivity index (χ4n) is 3.78. The summed E-state index contributed by atoms with van der Waals surface area (Å²) in [6.07, 6.45) is 3.83. The van der Waals surface area contributed by atoms with Gasteiger partial charge in [-0.2, -0.15) is 0 Å². The minimum Gasteiger partial charge on any atom is -0.497 e. The molecule has 0 N–H and O–H groups in total. The van der Waals surface area contributed by atoms with E-state index < -0.39 is 0 Å². The van der Waals surface area contributed by atoms with Gasteiger partial charge < -0.3 is 18.9 Å². The number of carbonyl (C=O) groups excluding carboxylic acids is 1. The maximum Gasteiger partial charge on any atom is 0.256 e. The van der Waals surface area contributed by atoms with Gasteiger partial charge in [-0.25, -0.2) is 0 Å². The molecule has 0 spiro atoms. The number of ether oxygens (including phenoxy) is 2. The second-order valence-corrected chi connectivity index (χ2v) is 8.57. The topological polar surface area (TPSA) is 43.7 Å². The molecule has 4 aromatic rings. The van der Waals surface area contributed by atoms with Crippen molar-refractivity contribution in [1.82, 2.24) is 9.47 Å². The Kier molecular flexibility index (Phi) is 7.46. The first kappa shape index (κ1) is 23.7. The Balaban J connectivity index is 1.75. The molecule has 1 aromatic heterocycles. The highest BCUT2D eigenvalue weighted by atomic mass is 35.5. The Hall–Kier alpha value is -3.41. The summed E-state index contributed by atoms with van der Waals surface area (Å²) < 4.78 is 12.8. The number of amides is 1. The second-order valence-electron chi connectivity index (χ2n) is 7.73. The van der Waals surface area contributed by atoms with Gasteiger partial charge in [0.05, 0.1) is 25.5 Å². The molecular weight excluding hydrogens is 471 g/mol. The number of hydrogen-bond donors (Lipinski definition) is 0. The molecular formula is C27H24Cl2N2O3. The molecule has 7 heteroatoms. The summed E-state index contributed by atoms with van der Waals surface area (Å²) in [5.74, 6) is 1.18. The van der Waals surface area contributed by atoms with E-state index in [1.54, 1.807) is 37.3 Å². The number of aromatic nitrogens is 1. The van der Waals surface area contributed by atoms with Gasteiger partial charge in [0, 0.05) is 41.6 Å². The lowest BCUT2D eigenvalue weighted by atomic mass is 10.1. The first-order valence-electron chi connectivity index (χ1n) is 10.7. The minimum atomic E-state index is -0.128. The van der Waals surface area contributed by atoms with E-state index in [4.69, 9.17) is 32.7 Å². The molecule has 34 heavy (non-hydrogen) atoms. The monoisotopic (exact) mass is 494 g/mol. The van der Waals surface area contributed by atoms with Crippen molar-refractivity contribution >= 4 is 29.1 Å². The first-order valence-corrected chi connectivity index (χ1v) is 11.4. The highest BCUT2D eigenvalue weighted by Crippen LogP contribution is 2.28. The number of rotatable bonds is 8. The number of hydrogen-bond acceptors (Lipinski definition) is 3. The van der Waals surface area contributed by atoms with E-state index in [0.29, 0.717) is 40.2 Å². The summed E-state index contributed by atoms with van der Waals surface area (Å²) in [4.78, 5) is 15.7. The van der Waals surface area contributed by atoms with Gasteiger partial charge in [-0.3, -0.25) is 4.79 Å². The van der Waals surface area contributed by atoms with E-state index in [1.165, 1.54) is 0 Å². The zero-order chi connectivity index (χ0) is 24.1. The predicted octanol–water partition coefficient (Wildman–Crippen LogP) is 6.64. The van der Waals surface area contributed by atoms with Crippen LogP contribution < -0.4 is 9.47 Å². The molecule has 5 nitrogen and oxygen atoms in total. The molecule has 0 unspecified atom stereocenters. The Bertz CT molecular complexity index is 1270. The van der Waals surface area contributed by atoms with Crippen LogP contribution in [-0.4, -0.2) is 29.6 Å². The van der Waals surface area contributed by atoms with Crippen molar-refractivity contribution in [3.05, 3.63) is 112 Å². The SMILES string of the molecule is COc1cc(CN(Cc2ccc(Cl)cc2Cl)C(=O)c2ccccc2-n2cccc2)cc(OC)c1. The normalized spacial score (nSPS) is 10.7. The van der Waals surface area contributed by atoms with Crippen LogP contribution in [-0.2, 0) is 13.1 Å². The lowest BCUT2D eigenvalue weighted by Gasteiger charge is -2.25. The molecule has 0 saturated heterocycles. The standard InChI is InChI=1S/C27H24Cl2N2O3/c1-33-22-13-19(14-23(16-22)34-2)17-31(18-20-9-10-21(28)15-25(20)29)27(32)24-7-3-4-8-26(24)30-11-5-6-12-30/h3-16H,17-18H2,1-2H3. The lowest BCUT2D eigenvalue weighted by Crippen LogP contribution is -2.31. The van der Waals surface area contributed by atoms with Crippen molar-refractivity contribution in [3.8, 4) is 17.2 Å². The third-order valence-electron chi connectivity index (χ3n) is 5.47. The number of nitrogens with zero attached hydrogens (tertiary/aromatic N) is 2. The summed E-state index contributed by atoms with van der Waals surface area (Å²) in [5.41, 5.74) is 3.05. The van der Waals surface area contributed by atoms with Crippen LogP contribution in [0.2, 0.25) is 10.0 Å². The van der Waals surface area contributed by atoms with Gasteiger partial charge in [0.15, 0.2) is 0 Å². The number of para-hydroxylation sites is 1. The van der Waals surface area contributed by atoms with Crippen molar-refractivity contribution in [1.29, 1.82) is 0 Å². The van der Waals surface area contributed by atoms with Crippen molar-refractivity contribution in [2.24, 2.45) is 0 Å². The Morgan fingerprint density at radius 3 is 2.18 bits per heavy atom. The second kappa shape index (κ2) is 10.7. The molecule has 0 radical (unpaired) electrons. The van der Waals surface area contributed by atoms with E-state index in [1.807, 2.05) is 71.6 Å². The van der Waals surface area contributed by atoms with Crippen LogP contribution in [0, 0.1) is 0 Å². The van der Waals surface area contributed by atoms with E-state index in [2.05, 4.69) is 0 Å². The maximum atomic E-state index is 13.9. The quantitative estimate of drug-likeness (QED) is 0.275. The summed E-state index contributed by atoms with van der Waals surface area (Å²) in [6.45, 7) is 0.625. The molecule has 1 heterocycles. The lowest BCUT2D eigenvalue weighted by molar-refractivity contribution is 0.0730. The van der Waals surface area contributed by atoms with Crippen LogP contribution >= 0.6 is 23.2 Å². The molecule has 0 atom stereocenters. The van der Waals surface area contributed by atoms with Crippen molar-refractivity contribution in [3.63, 3.8) is 0 Å². The van der Waals surface area contributed by atoms with Gasteiger partial charge in [0.2, 0.25) is 0 Å². The molecule has 174 valence electrons. The average Bonchev–Trinajstić information content (AvgIpc) is 3.39. The largest absolute Gasteiger partial charge is 0.497 e. The number of halogens is 2. The molecule has 0 aliphatic heterocycles. The summed E-state index contributed by atoms with van der Waals surface area (Å²) in [5, 5.41) is 1.05. The smallest absolute Gasteiger partial charge is 0.256 e. The first-order chi connectivity index (χ1) is 16.5. The van der Waals surface area contributed by atoms with Crippen LogP contribution in [0.3, 0.4) is 0 Å². The van der Waals surface area contributed by atoms with Gasteiger partial charge in [0.1, 0.15) is 11.5 Å². The van der Waals surface area contributed by atoms with Crippen LogP contribution in [0.15, 0.2) is 85.2 Å². The summed E-state index contributed by atoms with van der Waals surface area (Å²) in [6, 6.07) is 22.3. The van der Waals surface area contributed by atoms with E-state index in [-0.39, 0.29) is 5.91 Å². The number of benzene rings is 3. The van der Waals surface area contributed by atoms with Crippen molar-refractivity contribution in [2.45, 2.75) is 13.1 Å². The number of methoxy groups -OCH3 is 2. The highest BCUT2D eigenvalue weighted by molar-refractivity contribution is 6.35. The third-order valence-corrected chi connectivity index (χ3v) is 6.05. The van der Waals surface area contributed by atoms with Gasteiger partial charge in [0.25, 0.3) is 5.91 Å². The van der Waals surface area contributed by atoms with Gasteiger partial charge in [-0.1, -0.05) is 41.4 Å². The molecule has 0 saturated carbocycles. The zero-order valence-electron chi connectivity index (χ0n) is 18.9. The molecule has 1 amide bonds. The Morgan fingerprint density at radius 1 is 0.853 bits per heavy atom. The molecule has 4 rings (SSSR count). The van der Waals surface area contributed by atoms with Crippen LogP contribution in [0.4, 0.5) is 0 Å². The molecule has 0 aliphatic rings. The molecule has 0 fully saturated rings. The molecule has 0 bridgehead atoms. The van der Waals surface area contributed by atoms with Gasteiger partial charge in [-0.05, 0) is 59.7 Å². The predicted molar refractivity (Wildman–Crippen MR) is 135 cm³/mol. The fourth-order valence-corrected chi connectivity index (χ4v) is 4.25. The van der Waals surface area contributed by atoms with E-state index >= 15 is 0 Å². The van der Waals surface area contributed by atoms with Crippen molar-refractivity contribution in [2.75, 3.05) is 14.2 Å². The molecule has 3 aromatic carbocycles. The summed E-state index contributed by atoms with van der Waals surface area (Å²) in [7, 11) is 3.20. The van der Waals surface area contributed by atoms with Crippen molar-refractivity contribution < 1.29 is 14.3 Å². The Morgan fingerprint density at radius 2 is 1.53 bits per heavy atom. The summed E-state index contributed by atoms with van der Waals surface area (Å²) >= 11 is 12.6. The Labute approximate surface area is 209 Å². The van der Waals surface area contributed by atoms with Crippen LogP contribution in [0.5, 0.6) is 11.5 Å². The van der Waals surface area contributed by atoms with Crippen LogP contribution in [0.1, 0.15) is 21.5 Å². The third kappa shape index (κ3) is 5.38. The minimum absolute atomic E-state index is 0.128. The average molecular weight is 495 g/mol. The highest BCUT2D eigenvalue weighted by Gasteiger charge is 2.22. The van der Waals surface area contributed by atoms with Crippen LogP contribution in [0.25, 0.3) is 5.69 Å².